The second-order valence-electron chi connectivity index (χ2n) is 6.42. The lowest BCUT2D eigenvalue weighted by Crippen LogP contribution is -2.31. The van der Waals surface area contributed by atoms with E-state index in [-0.39, 0.29) is 17.9 Å². The molecule has 0 aliphatic carbocycles. The lowest BCUT2D eigenvalue weighted by Gasteiger charge is -2.24. The smallest absolute Gasteiger partial charge is 0.257 e. The molecule has 2 aromatic rings. The fraction of sp³-hybridized carbons (Fsp3) is 0.444. The number of amides is 2. The number of carbonyl (C=O) groups is 2. The largest absolute Gasteiger partial charge is 0.351 e. The highest BCUT2D eigenvalue weighted by Gasteiger charge is 2.32. The zero-order valence-electron chi connectivity index (χ0n) is 14.8. The molecule has 0 bridgehead atoms. The Balaban J connectivity index is 1.82. The van der Waals surface area contributed by atoms with Crippen LogP contribution in [0.15, 0.2) is 24.4 Å². The Morgan fingerprint density at radius 2 is 2.16 bits per heavy atom. The van der Waals surface area contributed by atoms with Crippen molar-refractivity contribution in [2.75, 3.05) is 6.54 Å². The van der Waals surface area contributed by atoms with Crippen molar-refractivity contribution in [3.05, 3.63) is 47.0 Å². The molecule has 132 valence electrons. The highest BCUT2D eigenvalue weighted by molar-refractivity contribution is 5.95. The van der Waals surface area contributed by atoms with Crippen molar-refractivity contribution in [3.63, 3.8) is 0 Å². The summed E-state index contributed by atoms with van der Waals surface area (Å²) >= 11 is 0. The number of aromatic nitrogens is 3. The number of pyridine rings is 1. The molecular weight excluding hydrogens is 318 g/mol. The molecule has 1 aliphatic heterocycles. The van der Waals surface area contributed by atoms with E-state index in [1.165, 1.54) is 6.92 Å². The van der Waals surface area contributed by atoms with Gasteiger partial charge in [0.25, 0.3) is 5.91 Å². The van der Waals surface area contributed by atoms with Gasteiger partial charge in [0.15, 0.2) is 0 Å². The van der Waals surface area contributed by atoms with E-state index in [1.807, 2.05) is 37.1 Å². The highest BCUT2D eigenvalue weighted by Crippen LogP contribution is 2.32. The van der Waals surface area contributed by atoms with E-state index in [0.29, 0.717) is 12.1 Å². The van der Waals surface area contributed by atoms with E-state index < -0.39 is 0 Å². The fourth-order valence-electron chi connectivity index (χ4n) is 3.28. The van der Waals surface area contributed by atoms with Crippen LogP contribution in [0.25, 0.3) is 0 Å². The first kappa shape index (κ1) is 17.1. The van der Waals surface area contributed by atoms with Crippen LogP contribution in [0.3, 0.4) is 0 Å². The number of hydrogen-bond acceptors (Lipinski definition) is 4. The third kappa shape index (κ3) is 3.70. The number of nitrogens with zero attached hydrogens (tertiary/aromatic N) is 4. The molecule has 7 heteroatoms. The van der Waals surface area contributed by atoms with E-state index in [4.69, 9.17) is 0 Å². The van der Waals surface area contributed by atoms with Crippen LogP contribution in [0.5, 0.6) is 0 Å². The lowest BCUT2D eigenvalue weighted by atomic mass is 10.1. The summed E-state index contributed by atoms with van der Waals surface area (Å²) in [7, 11) is 1.82. The Hall–Kier alpha value is -2.70. The van der Waals surface area contributed by atoms with Gasteiger partial charge >= 0.3 is 0 Å². The lowest BCUT2D eigenvalue weighted by molar-refractivity contribution is -0.119. The Labute approximate surface area is 147 Å². The number of aryl methyl sites for hydroxylation is 2. The van der Waals surface area contributed by atoms with Crippen LogP contribution in [0.4, 0.5) is 0 Å². The average Bonchev–Trinajstić information content (AvgIpc) is 3.19. The first-order valence-electron chi connectivity index (χ1n) is 8.47. The Bertz CT molecular complexity index is 799. The molecule has 3 rings (SSSR count). The first-order chi connectivity index (χ1) is 12.0. The number of hydrogen-bond donors (Lipinski definition) is 1. The molecule has 1 N–H and O–H groups in total. The molecule has 0 spiro atoms. The minimum atomic E-state index is -0.0862. The molecule has 0 saturated carbocycles. The molecule has 0 unspecified atom stereocenters. The van der Waals surface area contributed by atoms with Crippen molar-refractivity contribution in [2.45, 2.75) is 39.3 Å². The van der Waals surface area contributed by atoms with Gasteiger partial charge in [0, 0.05) is 26.7 Å². The van der Waals surface area contributed by atoms with Crippen molar-refractivity contribution in [3.8, 4) is 0 Å². The summed E-state index contributed by atoms with van der Waals surface area (Å²) in [6.45, 7) is 4.45. The zero-order chi connectivity index (χ0) is 18.0. The molecule has 2 aromatic heterocycles. The van der Waals surface area contributed by atoms with Gasteiger partial charge in [-0.3, -0.25) is 19.3 Å². The summed E-state index contributed by atoms with van der Waals surface area (Å²) in [6, 6.07) is 5.72. The summed E-state index contributed by atoms with van der Waals surface area (Å²) in [4.78, 5) is 30.6. The molecule has 25 heavy (non-hydrogen) atoms. The summed E-state index contributed by atoms with van der Waals surface area (Å²) in [5, 5.41) is 7.03. The maximum Gasteiger partial charge on any atom is 0.257 e. The summed E-state index contributed by atoms with van der Waals surface area (Å²) in [5.74, 6) is -0.0842. The minimum absolute atomic E-state index is 0.00200. The van der Waals surface area contributed by atoms with Gasteiger partial charge in [0.2, 0.25) is 5.91 Å². The van der Waals surface area contributed by atoms with E-state index in [1.54, 1.807) is 10.9 Å². The number of carbonyl (C=O) groups excluding carboxylic acids is 2. The standard InChI is InChI=1S/C18H23N5O2/c1-12-15(11-22(3)21-12)18(25)23-9-5-8-17(23)16-7-4-6-14(20-16)10-19-13(2)24/h4,6-7,11,17H,5,8-10H2,1-3H3,(H,19,24)/t17-/m0/s1. The van der Waals surface area contributed by atoms with Crippen molar-refractivity contribution in [2.24, 2.45) is 7.05 Å². The Morgan fingerprint density at radius 3 is 2.84 bits per heavy atom. The van der Waals surface area contributed by atoms with Gasteiger partial charge in [0.05, 0.1) is 35.2 Å². The quantitative estimate of drug-likeness (QED) is 0.918. The minimum Gasteiger partial charge on any atom is -0.351 e. The maximum absolute atomic E-state index is 13.0. The monoisotopic (exact) mass is 341 g/mol. The molecule has 7 nitrogen and oxygen atoms in total. The van der Waals surface area contributed by atoms with Crippen molar-refractivity contribution in [1.29, 1.82) is 0 Å². The van der Waals surface area contributed by atoms with Gasteiger partial charge < -0.3 is 10.2 Å². The van der Waals surface area contributed by atoms with Crippen molar-refractivity contribution >= 4 is 11.8 Å². The highest BCUT2D eigenvalue weighted by atomic mass is 16.2. The zero-order valence-corrected chi connectivity index (χ0v) is 14.8. The van der Waals surface area contributed by atoms with E-state index in [2.05, 4.69) is 15.4 Å². The summed E-state index contributed by atoms with van der Waals surface area (Å²) in [6.07, 6.45) is 3.61. The molecule has 0 radical (unpaired) electrons. The van der Waals surface area contributed by atoms with Gasteiger partial charge in [-0.1, -0.05) is 6.07 Å². The third-order valence-electron chi connectivity index (χ3n) is 4.45. The van der Waals surface area contributed by atoms with Gasteiger partial charge in [0.1, 0.15) is 0 Å². The number of nitrogens with one attached hydrogen (secondary N) is 1. The first-order valence-corrected chi connectivity index (χ1v) is 8.47. The van der Waals surface area contributed by atoms with Gasteiger partial charge in [-0.05, 0) is 31.9 Å². The summed E-state index contributed by atoms with van der Waals surface area (Å²) < 4.78 is 1.67. The van der Waals surface area contributed by atoms with E-state index >= 15 is 0 Å². The topological polar surface area (TPSA) is 80.1 Å². The van der Waals surface area contributed by atoms with Crippen LogP contribution in [0.1, 0.15) is 53.2 Å². The molecule has 0 aromatic carbocycles. The number of rotatable bonds is 4. The molecule has 1 aliphatic rings. The second-order valence-corrected chi connectivity index (χ2v) is 6.42. The van der Waals surface area contributed by atoms with Crippen LogP contribution < -0.4 is 5.32 Å². The number of likely N-dealkylation sites (tertiary alicyclic amines) is 1. The molecule has 1 fully saturated rings. The predicted octanol–water partition coefficient (Wildman–Crippen LogP) is 1.74. The maximum atomic E-state index is 13.0. The van der Waals surface area contributed by atoms with Crippen LogP contribution in [-0.4, -0.2) is 38.0 Å². The molecule has 2 amide bonds. The predicted molar refractivity (Wildman–Crippen MR) is 92.7 cm³/mol. The molecule has 1 atom stereocenters. The normalized spacial score (nSPS) is 16.9. The molecular formula is C18H23N5O2. The van der Waals surface area contributed by atoms with Crippen LogP contribution in [-0.2, 0) is 18.4 Å². The third-order valence-corrected chi connectivity index (χ3v) is 4.45. The molecule has 3 heterocycles. The SMILES string of the molecule is CC(=O)NCc1cccc([C@@H]2CCCN2C(=O)c2cn(C)nc2C)n1. The Kier molecular flexibility index (Phi) is 4.83. The summed E-state index contributed by atoms with van der Waals surface area (Å²) in [5.41, 5.74) is 3.05. The second kappa shape index (κ2) is 7.04. The van der Waals surface area contributed by atoms with Crippen molar-refractivity contribution in [1.82, 2.24) is 25.0 Å². The van der Waals surface area contributed by atoms with Crippen LogP contribution in [0.2, 0.25) is 0 Å². The van der Waals surface area contributed by atoms with E-state index in [0.717, 1.165) is 36.5 Å². The average molecular weight is 341 g/mol. The van der Waals surface area contributed by atoms with Crippen LogP contribution >= 0.6 is 0 Å². The van der Waals surface area contributed by atoms with Gasteiger partial charge in [-0.25, -0.2) is 0 Å². The fourth-order valence-corrected chi connectivity index (χ4v) is 3.28. The van der Waals surface area contributed by atoms with Gasteiger partial charge in [-0.2, -0.15) is 5.10 Å². The van der Waals surface area contributed by atoms with Crippen LogP contribution in [0, 0.1) is 6.92 Å². The van der Waals surface area contributed by atoms with Gasteiger partial charge in [-0.15, -0.1) is 0 Å². The molecule has 1 saturated heterocycles. The van der Waals surface area contributed by atoms with E-state index in [9.17, 15) is 9.59 Å². The Morgan fingerprint density at radius 1 is 1.36 bits per heavy atom. The van der Waals surface area contributed by atoms with Crippen molar-refractivity contribution < 1.29 is 9.59 Å².